The molecular weight excluding hydrogens is 332 g/mol. The van der Waals surface area contributed by atoms with Crippen LogP contribution in [0.4, 0.5) is 0 Å². The van der Waals surface area contributed by atoms with Gasteiger partial charge >= 0.3 is 5.97 Å². The Kier molecular flexibility index (Phi) is 7.58. The lowest BCUT2D eigenvalue weighted by Crippen LogP contribution is -2.10. The molecule has 0 fully saturated rings. The van der Waals surface area contributed by atoms with Crippen molar-refractivity contribution in [1.29, 1.82) is 5.41 Å². The average molecular weight is 351 g/mol. The highest BCUT2D eigenvalue weighted by molar-refractivity contribution is 5.94. The van der Waals surface area contributed by atoms with Crippen molar-refractivity contribution in [3.8, 4) is 11.5 Å². The molecular formula is C17H19ClN2O4. The number of nitrogens with one attached hydrogen (secondary N) is 1. The summed E-state index contributed by atoms with van der Waals surface area (Å²) in [5, 5.41) is 16.1. The van der Waals surface area contributed by atoms with Crippen molar-refractivity contribution in [3.05, 3.63) is 59.7 Å². The third-order valence-electron chi connectivity index (χ3n) is 3.09. The zero-order valence-electron chi connectivity index (χ0n) is 12.9. The minimum absolute atomic E-state index is 0. The Labute approximate surface area is 146 Å². The number of hydrogen-bond donors (Lipinski definition) is 3. The van der Waals surface area contributed by atoms with Crippen molar-refractivity contribution in [2.75, 3.05) is 13.2 Å². The molecule has 0 saturated carbocycles. The highest BCUT2D eigenvalue weighted by atomic mass is 35.5. The van der Waals surface area contributed by atoms with Crippen LogP contribution in [0.3, 0.4) is 0 Å². The molecule has 4 N–H and O–H groups in total. The van der Waals surface area contributed by atoms with Gasteiger partial charge in [0.25, 0.3) is 0 Å². The molecule has 128 valence electrons. The van der Waals surface area contributed by atoms with E-state index in [1.54, 1.807) is 36.4 Å². The first-order valence-corrected chi connectivity index (χ1v) is 7.09. The number of carbonyl (C=O) groups is 1. The third-order valence-corrected chi connectivity index (χ3v) is 3.09. The van der Waals surface area contributed by atoms with E-state index in [2.05, 4.69) is 0 Å². The highest BCUT2D eigenvalue weighted by Gasteiger charge is 2.02. The molecule has 0 unspecified atom stereocenters. The second kappa shape index (κ2) is 9.42. The van der Waals surface area contributed by atoms with E-state index in [0.717, 1.165) is 0 Å². The molecule has 2 rings (SSSR count). The monoisotopic (exact) mass is 350 g/mol. The molecule has 24 heavy (non-hydrogen) atoms. The predicted octanol–water partition coefficient (Wildman–Crippen LogP) is 2.94. The number of rotatable bonds is 8. The van der Waals surface area contributed by atoms with Crippen LogP contribution in [0.1, 0.15) is 22.3 Å². The van der Waals surface area contributed by atoms with E-state index < -0.39 is 5.97 Å². The number of nitrogens with two attached hydrogens (primary N) is 1. The molecule has 0 atom stereocenters. The van der Waals surface area contributed by atoms with Gasteiger partial charge in [-0.2, -0.15) is 0 Å². The van der Waals surface area contributed by atoms with Gasteiger partial charge in [0.05, 0.1) is 18.8 Å². The molecule has 0 bridgehead atoms. The van der Waals surface area contributed by atoms with E-state index in [4.69, 9.17) is 25.7 Å². The van der Waals surface area contributed by atoms with Crippen LogP contribution in [0.25, 0.3) is 0 Å². The van der Waals surface area contributed by atoms with E-state index in [0.29, 0.717) is 36.7 Å². The van der Waals surface area contributed by atoms with Gasteiger partial charge in [-0.25, -0.2) is 4.79 Å². The fourth-order valence-electron chi connectivity index (χ4n) is 1.86. The summed E-state index contributed by atoms with van der Waals surface area (Å²) >= 11 is 0. The SMILES string of the molecule is Cl.N=C(N)c1ccc(OCCCOc2ccc(C(=O)O)cc2)cc1. The smallest absolute Gasteiger partial charge is 0.335 e. The Morgan fingerprint density at radius 2 is 1.33 bits per heavy atom. The zero-order valence-corrected chi connectivity index (χ0v) is 13.7. The van der Waals surface area contributed by atoms with E-state index in [1.165, 1.54) is 12.1 Å². The molecule has 2 aromatic rings. The fourth-order valence-corrected chi connectivity index (χ4v) is 1.86. The van der Waals surface area contributed by atoms with Crippen LogP contribution in [0.15, 0.2) is 48.5 Å². The molecule has 0 aliphatic rings. The van der Waals surface area contributed by atoms with Crippen LogP contribution in [0.2, 0.25) is 0 Å². The Hall–Kier alpha value is -2.73. The third kappa shape index (κ3) is 5.81. The van der Waals surface area contributed by atoms with Crippen molar-refractivity contribution in [2.24, 2.45) is 5.73 Å². The van der Waals surface area contributed by atoms with Crippen molar-refractivity contribution >= 4 is 24.2 Å². The molecule has 0 amide bonds. The van der Waals surface area contributed by atoms with Gasteiger partial charge in [0.2, 0.25) is 0 Å². The minimum Gasteiger partial charge on any atom is -0.493 e. The van der Waals surface area contributed by atoms with Gasteiger partial charge in [0.1, 0.15) is 17.3 Å². The van der Waals surface area contributed by atoms with Gasteiger partial charge in [0, 0.05) is 12.0 Å². The standard InChI is InChI=1S/C17H18N2O4.ClH/c18-16(19)12-2-6-14(7-3-12)22-10-1-11-23-15-8-4-13(5-9-15)17(20)21;/h2-9H,1,10-11H2,(H3,18,19)(H,20,21);1H. The average Bonchev–Trinajstić information content (AvgIpc) is 2.55. The highest BCUT2D eigenvalue weighted by Crippen LogP contribution is 2.14. The molecule has 0 heterocycles. The summed E-state index contributed by atoms with van der Waals surface area (Å²) in [6.45, 7) is 0.963. The Morgan fingerprint density at radius 1 is 0.917 bits per heavy atom. The van der Waals surface area contributed by atoms with Gasteiger partial charge in [-0.1, -0.05) is 0 Å². The number of carboxylic acids is 1. The van der Waals surface area contributed by atoms with E-state index >= 15 is 0 Å². The molecule has 0 aromatic heterocycles. The maximum Gasteiger partial charge on any atom is 0.335 e. The van der Waals surface area contributed by atoms with Gasteiger partial charge in [-0.3, -0.25) is 5.41 Å². The topological polar surface area (TPSA) is 106 Å². The first-order valence-electron chi connectivity index (χ1n) is 7.09. The predicted molar refractivity (Wildman–Crippen MR) is 93.7 cm³/mol. The van der Waals surface area contributed by atoms with Gasteiger partial charge < -0.3 is 20.3 Å². The number of benzene rings is 2. The van der Waals surface area contributed by atoms with E-state index in [9.17, 15) is 4.79 Å². The van der Waals surface area contributed by atoms with Crippen molar-refractivity contribution in [2.45, 2.75) is 6.42 Å². The molecule has 0 aliphatic heterocycles. The van der Waals surface area contributed by atoms with E-state index in [-0.39, 0.29) is 23.8 Å². The Morgan fingerprint density at radius 3 is 1.71 bits per heavy atom. The van der Waals surface area contributed by atoms with Crippen molar-refractivity contribution in [3.63, 3.8) is 0 Å². The molecule has 6 nitrogen and oxygen atoms in total. The summed E-state index contributed by atoms with van der Waals surface area (Å²) in [7, 11) is 0. The second-order valence-electron chi connectivity index (χ2n) is 4.82. The van der Waals surface area contributed by atoms with Crippen molar-refractivity contribution in [1.82, 2.24) is 0 Å². The van der Waals surface area contributed by atoms with Crippen LogP contribution < -0.4 is 15.2 Å². The second-order valence-corrected chi connectivity index (χ2v) is 4.82. The summed E-state index contributed by atoms with van der Waals surface area (Å²) in [4.78, 5) is 10.7. The summed E-state index contributed by atoms with van der Waals surface area (Å²) in [6, 6.07) is 13.3. The quantitative estimate of drug-likeness (QED) is 0.385. The summed E-state index contributed by atoms with van der Waals surface area (Å²) in [5.41, 5.74) is 6.27. The lowest BCUT2D eigenvalue weighted by molar-refractivity contribution is 0.0697. The fraction of sp³-hybridized carbons (Fsp3) is 0.176. The van der Waals surface area contributed by atoms with Crippen LogP contribution in [0.5, 0.6) is 11.5 Å². The van der Waals surface area contributed by atoms with E-state index in [1.807, 2.05) is 0 Å². The molecule has 2 aromatic carbocycles. The number of halogens is 1. The molecule has 0 spiro atoms. The summed E-state index contributed by atoms with van der Waals surface area (Å²) < 4.78 is 11.1. The molecule has 7 heteroatoms. The first-order chi connectivity index (χ1) is 11.1. The summed E-state index contributed by atoms with van der Waals surface area (Å²) in [6.07, 6.45) is 0.690. The van der Waals surface area contributed by atoms with Crippen LogP contribution in [-0.2, 0) is 0 Å². The maximum atomic E-state index is 10.7. The maximum absolute atomic E-state index is 10.7. The number of aromatic carboxylic acids is 1. The Bertz CT molecular complexity index is 612. The number of amidine groups is 1. The van der Waals surface area contributed by atoms with Gasteiger partial charge in [-0.15, -0.1) is 12.4 Å². The van der Waals surface area contributed by atoms with Gasteiger partial charge in [-0.05, 0) is 48.5 Å². The molecule has 0 saturated heterocycles. The number of hydrogen-bond acceptors (Lipinski definition) is 4. The molecule has 0 radical (unpaired) electrons. The zero-order chi connectivity index (χ0) is 16.7. The summed E-state index contributed by atoms with van der Waals surface area (Å²) in [5.74, 6) is 0.404. The van der Waals surface area contributed by atoms with Gasteiger partial charge in [0.15, 0.2) is 0 Å². The lowest BCUT2D eigenvalue weighted by atomic mass is 10.2. The first kappa shape index (κ1) is 19.3. The normalized spacial score (nSPS) is 9.67. The number of carboxylic acid groups (broad SMARTS) is 1. The number of nitrogen functional groups attached to an aromatic ring is 1. The lowest BCUT2D eigenvalue weighted by Gasteiger charge is -2.08. The van der Waals surface area contributed by atoms with Crippen LogP contribution in [-0.4, -0.2) is 30.1 Å². The molecule has 0 aliphatic carbocycles. The largest absolute Gasteiger partial charge is 0.493 e. The minimum atomic E-state index is -0.958. The number of ether oxygens (including phenoxy) is 2. The Balaban J connectivity index is 0.00000288. The van der Waals surface area contributed by atoms with Crippen LogP contribution >= 0.6 is 12.4 Å². The van der Waals surface area contributed by atoms with Crippen LogP contribution in [0, 0.1) is 5.41 Å². The van der Waals surface area contributed by atoms with Crippen molar-refractivity contribution < 1.29 is 19.4 Å².